The van der Waals surface area contributed by atoms with E-state index in [0.717, 1.165) is 36.0 Å². The Morgan fingerprint density at radius 2 is 2.00 bits per heavy atom. The standard InChI is InChI=1S/C28H29ClN6O2/c1-18-24(26(36)30-17-19-11-5-3-4-10-16-35(19)2)25(20-12-6-7-13-21(20)29)33-27(31-18)34-28-32-22-14-8-9-15-23(22)37-28/h6-16,25H,3-5,17H2,1-2H3,(H,30,36)(H2,31,32,33,34)/b16-10+,19-11-. The number of rotatable bonds is 5. The van der Waals surface area contributed by atoms with Crippen molar-refractivity contribution in [2.75, 3.05) is 18.9 Å². The Hall–Kier alpha value is -4.04. The van der Waals surface area contributed by atoms with Gasteiger partial charge in [0, 0.05) is 29.0 Å². The minimum atomic E-state index is -0.620. The second-order valence-corrected chi connectivity index (χ2v) is 9.39. The van der Waals surface area contributed by atoms with Gasteiger partial charge in [0.1, 0.15) is 11.6 Å². The van der Waals surface area contributed by atoms with Crippen LogP contribution in [0.25, 0.3) is 11.1 Å². The second kappa shape index (κ2) is 10.9. The molecule has 3 aromatic rings. The predicted molar refractivity (Wildman–Crippen MR) is 147 cm³/mol. The van der Waals surface area contributed by atoms with Crippen LogP contribution in [0.4, 0.5) is 6.01 Å². The Morgan fingerprint density at radius 3 is 2.84 bits per heavy atom. The number of aliphatic imine (C=N–C) groups is 1. The van der Waals surface area contributed by atoms with Crippen LogP contribution in [-0.2, 0) is 4.79 Å². The number of aromatic nitrogens is 1. The van der Waals surface area contributed by atoms with Crippen molar-refractivity contribution < 1.29 is 9.21 Å². The molecule has 3 heterocycles. The lowest BCUT2D eigenvalue weighted by molar-refractivity contribution is -0.117. The lowest BCUT2D eigenvalue weighted by Crippen LogP contribution is -2.40. The molecule has 1 unspecified atom stereocenters. The Kier molecular flexibility index (Phi) is 7.28. The molecule has 0 radical (unpaired) electrons. The minimum absolute atomic E-state index is 0.208. The number of benzene rings is 2. The number of guanidine groups is 1. The molecule has 3 N–H and O–H groups in total. The second-order valence-electron chi connectivity index (χ2n) is 8.98. The fraction of sp³-hybridized carbons (Fsp3) is 0.250. The third-order valence-corrected chi connectivity index (χ3v) is 6.72. The van der Waals surface area contributed by atoms with Gasteiger partial charge in [0.15, 0.2) is 5.58 Å². The van der Waals surface area contributed by atoms with Crippen LogP contribution < -0.4 is 16.0 Å². The van der Waals surface area contributed by atoms with Crippen LogP contribution in [0.2, 0.25) is 5.02 Å². The number of likely N-dealkylation sites (N-methyl/N-ethyl adjacent to an activating group) is 1. The molecule has 1 amide bonds. The van der Waals surface area contributed by atoms with E-state index in [1.54, 1.807) is 6.07 Å². The summed E-state index contributed by atoms with van der Waals surface area (Å²) >= 11 is 6.57. The first-order valence-electron chi connectivity index (χ1n) is 12.3. The number of carbonyl (C=O) groups is 1. The van der Waals surface area contributed by atoms with E-state index in [-0.39, 0.29) is 5.91 Å². The van der Waals surface area contributed by atoms with Gasteiger partial charge in [-0.15, -0.1) is 0 Å². The number of allylic oxidation sites excluding steroid dienone is 3. The van der Waals surface area contributed by atoms with E-state index < -0.39 is 6.04 Å². The molecule has 2 aliphatic rings. The Bertz CT molecular complexity index is 1400. The molecular weight excluding hydrogens is 488 g/mol. The monoisotopic (exact) mass is 516 g/mol. The molecule has 0 saturated carbocycles. The van der Waals surface area contributed by atoms with Crippen molar-refractivity contribution in [1.82, 2.24) is 20.5 Å². The zero-order chi connectivity index (χ0) is 25.8. The van der Waals surface area contributed by atoms with Gasteiger partial charge in [-0.25, -0.2) is 4.99 Å². The minimum Gasteiger partial charge on any atom is -0.423 e. The van der Waals surface area contributed by atoms with E-state index in [1.165, 1.54) is 0 Å². The Labute approximate surface area is 220 Å². The number of para-hydroxylation sites is 2. The van der Waals surface area contributed by atoms with E-state index in [4.69, 9.17) is 21.0 Å². The maximum Gasteiger partial charge on any atom is 0.302 e. The summed E-state index contributed by atoms with van der Waals surface area (Å²) < 4.78 is 5.80. The maximum atomic E-state index is 13.6. The summed E-state index contributed by atoms with van der Waals surface area (Å²) in [6.45, 7) is 2.26. The third-order valence-electron chi connectivity index (χ3n) is 6.37. The highest BCUT2D eigenvalue weighted by molar-refractivity contribution is 6.31. The Balaban J connectivity index is 1.41. The summed E-state index contributed by atoms with van der Waals surface area (Å²) in [5, 5.41) is 9.93. The van der Waals surface area contributed by atoms with Crippen LogP contribution in [0.5, 0.6) is 0 Å². The SMILES string of the molecule is CC1=C(C(=O)NC/C2=C/CCC/C=C/N2C)C(c2ccccc2Cl)N=C(Nc2nc3ccccc3o2)N1. The molecule has 2 aliphatic heterocycles. The number of hydrogen-bond acceptors (Lipinski definition) is 7. The molecule has 37 heavy (non-hydrogen) atoms. The number of hydrogen-bond donors (Lipinski definition) is 3. The predicted octanol–water partition coefficient (Wildman–Crippen LogP) is 5.50. The number of oxazole rings is 1. The van der Waals surface area contributed by atoms with Gasteiger partial charge in [0.05, 0.1) is 12.1 Å². The molecule has 5 rings (SSSR count). The summed E-state index contributed by atoms with van der Waals surface area (Å²) in [5.74, 6) is 0.207. The maximum absolute atomic E-state index is 13.6. The lowest BCUT2D eigenvalue weighted by atomic mass is 9.95. The lowest BCUT2D eigenvalue weighted by Gasteiger charge is -2.27. The molecule has 0 fully saturated rings. The van der Waals surface area contributed by atoms with E-state index in [0.29, 0.717) is 40.4 Å². The molecule has 1 atom stereocenters. The number of halogens is 1. The van der Waals surface area contributed by atoms with Crippen LogP contribution >= 0.6 is 11.6 Å². The third kappa shape index (κ3) is 5.54. The zero-order valence-electron chi connectivity index (χ0n) is 20.8. The van der Waals surface area contributed by atoms with Crippen molar-refractivity contribution >= 4 is 40.6 Å². The summed E-state index contributed by atoms with van der Waals surface area (Å²) in [5.41, 5.74) is 4.34. The van der Waals surface area contributed by atoms with Crippen molar-refractivity contribution in [2.45, 2.75) is 32.2 Å². The van der Waals surface area contributed by atoms with Gasteiger partial charge >= 0.3 is 6.01 Å². The highest BCUT2D eigenvalue weighted by Gasteiger charge is 2.31. The molecule has 8 nitrogen and oxygen atoms in total. The smallest absolute Gasteiger partial charge is 0.302 e. The van der Waals surface area contributed by atoms with E-state index in [1.807, 2.05) is 67.5 Å². The number of carbonyl (C=O) groups excluding carboxylic acids is 1. The first-order chi connectivity index (χ1) is 18.0. The topological polar surface area (TPSA) is 94.8 Å². The number of fused-ring (bicyclic) bond motifs is 1. The van der Waals surface area contributed by atoms with Crippen molar-refractivity contribution in [2.24, 2.45) is 4.99 Å². The normalized spacial score (nSPS) is 20.3. The van der Waals surface area contributed by atoms with Crippen LogP contribution in [0, 0.1) is 0 Å². The molecule has 0 spiro atoms. The molecular formula is C28H29ClN6O2. The van der Waals surface area contributed by atoms with Gasteiger partial charge in [-0.3, -0.25) is 10.1 Å². The van der Waals surface area contributed by atoms with Crippen LogP contribution in [0.15, 0.2) is 93.3 Å². The van der Waals surface area contributed by atoms with Gasteiger partial charge in [0.2, 0.25) is 5.96 Å². The Morgan fingerprint density at radius 1 is 1.19 bits per heavy atom. The summed E-state index contributed by atoms with van der Waals surface area (Å²) in [7, 11) is 1.99. The summed E-state index contributed by atoms with van der Waals surface area (Å²) in [4.78, 5) is 24.9. The van der Waals surface area contributed by atoms with E-state index in [2.05, 4.69) is 33.1 Å². The first-order valence-corrected chi connectivity index (χ1v) is 12.7. The van der Waals surface area contributed by atoms with Gasteiger partial charge in [-0.2, -0.15) is 4.98 Å². The number of nitrogens with zero attached hydrogens (tertiary/aromatic N) is 3. The van der Waals surface area contributed by atoms with Crippen molar-refractivity contribution in [3.05, 3.63) is 94.4 Å². The molecule has 9 heteroatoms. The average molecular weight is 517 g/mol. The van der Waals surface area contributed by atoms with Crippen LogP contribution in [-0.4, -0.2) is 35.3 Å². The number of anilines is 1. The van der Waals surface area contributed by atoms with E-state index >= 15 is 0 Å². The number of nitrogens with one attached hydrogen (secondary N) is 3. The fourth-order valence-electron chi connectivity index (χ4n) is 4.42. The first kappa shape index (κ1) is 24.6. The molecule has 0 aliphatic carbocycles. The summed E-state index contributed by atoms with van der Waals surface area (Å²) in [6, 6.07) is 14.6. The summed E-state index contributed by atoms with van der Waals surface area (Å²) in [6.07, 6.45) is 9.49. The van der Waals surface area contributed by atoms with Gasteiger partial charge in [-0.05, 0) is 50.6 Å². The van der Waals surface area contributed by atoms with Crippen molar-refractivity contribution in [1.29, 1.82) is 0 Å². The largest absolute Gasteiger partial charge is 0.423 e. The van der Waals surface area contributed by atoms with Gasteiger partial charge in [0.25, 0.3) is 5.91 Å². The van der Waals surface area contributed by atoms with Crippen molar-refractivity contribution in [3.63, 3.8) is 0 Å². The molecule has 2 aromatic carbocycles. The highest BCUT2D eigenvalue weighted by Crippen LogP contribution is 2.35. The molecule has 190 valence electrons. The van der Waals surface area contributed by atoms with Crippen molar-refractivity contribution in [3.8, 4) is 0 Å². The quantitative estimate of drug-likeness (QED) is 0.414. The molecule has 1 aromatic heterocycles. The van der Waals surface area contributed by atoms with Gasteiger partial charge < -0.3 is 20.0 Å². The van der Waals surface area contributed by atoms with Gasteiger partial charge in [-0.1, -0.05) is 54.1 Å². The fourth-order valence-corrected chi connectivity index (χ4v) is 4.66. The number of amides is 1. The van der Waals surface area contributed by atoms with E-state index in [9.17, 15) is 4.79 Å². The highest BCUT2D eigenvalue weighted by atomic mass is 35.5. The molecule has 0 saturated heterocycles. The van der Waals surface area contributed by atoms with Crippen LogP contribution in [0.1, 0.15) is 37.8 Å². The molecule has 0 bridgehead atoms. The zero-order valence-corrected chi connectivity index (χ0v) is 21.5. The average Bonchev–Trinajstić information content (AvgIpc) is 3.28. The van der Waals surface area contributed by atoms with Crippen LogP contribution in [0.3, 0.4) is 0 Å².